The summed E-state index contributed by atoms with van der Waals surface area (Å²) in [6.45, 7) is 0. The molecule has 13 heavy (non-hydrogen) atoms. The highest BCUT2D eigenvalue weighted by atomic mass is 79.9. The van der Waals surface area contributed by atoms with Crippen molar-refractivity contribution in [2.75, 3.05) is 0 Å². The molecule has 0 aliphatic carbocycles. The van der Waals surface area contributed by atoms with Gasteiger partial charge < -0.3 is 4.52 Å². The van der Waals surface area contributed by atoms with E-state index in [1.807, 2.05) is 0 Å². The van der Waals surface area contributed by atoms with Crippen molar-refractivity contribution in [2.45, 2.75) is 0 Å². The monoisotopic (exact) mass is 241 g/mol. The topological polar surface area (TPSA) is 26.0 Å². The van der Waals surface area contributed by atoms with E-state index in [1.54, 1.807) is 18.2 Å². The van der Waals surface area contributed by atoms with Gasteiger partial charge in [0.15, 0.2) is 0 Å². The van der Waals surface area contributed by atoms with Crippen LogP contribution in [-0.4, -0.2) is 5.16 Å². The van der Waals surface area contributed by atoms with Crippen molar-refractivity contribution in [2.24, 2.45) is 0 Å². The van der Waals surface area contributed by atoms with Crippen molar-refractivity contribution < 1.29 is 8.91 Å². The zero-order valence-electron chi connectivity index (χ0n) is 6.50. The Balaban J connectivity index is 2.49. The quantitative estimate of drug-likeness (QED) is 0.767. The molecule has 0 fully saturated rings. The van der Waals surface area contributed by atoms with Crippen LogP contribution < -0.4 is 0 Å². The fraction of sp³-hybridized carbons (Fsp3) is 0. The molecule has 0 atom stereocenters. The summed E-state index contributed by atoms with van der Waals surface area (Å²) in [7, 11) is 0. The minimum Gasteiger partial charge on any atom is -0.364 e. The first kappa shape index (κ1) is 8.44. The molecule has 0 aliphatic heterocycles. The molecule has 1 heterocycles. The van der Waals surface area contributed by atoms with Crippen LogP contribution in [0.1, 0.15) is 0 Å². The number of aromatic nitrogens is 1. The van der Waals surface area contributed by atoms with E-state index < -0.39 is 0 Å². The summed E-state index contributed by atoms with van der Waals surface area (Å²) in [4.78, 5) is 0. The molecule has 0 radical (unpaired) electrons. The lowest BCUT2D eigenvalue weighted by molar-refractivity contribution is 0.422. The zero-order chi connectivity index (χ0) is 9.26. The summed E-state index contributed by atoms with van der Waals surface area (Å²) in [5, 5.41) is 3.70. The highest BCUT2D eigenvalue weighted by Gasteiger charge is 2.04. The maximum atomic E-state index is 13.1. The number of nitrogens with zero attached hydrogens (tertiary/aromatic N) is 1. The highest BCUT2D eigenvalue weighted by molar-refractivity contribution is 9.10. The lowest BCUT2D eigenvalue weighted by Crippen LogP contribution is -1.81. The Morgan fingerprint density at radius 1 is 1.31 bits per heavy atom. The molecule has 2 nitrogen and oxygen atoms in total. The first-order chi connectivity index (χ1) is 6.27. The molecular weight excluding hydrogens is 237 g/mol. The van der Waals surface area contributed by atoms with E-state index in [0.29, 0.717) is 15.7 Å². The molecule has 0 saturated heterocycles. The Labute approximate surface area is 82.5 Å². The molecule has 1 aromatic carbocycles. The SMILES string of the molecule is Fc1cc(-c2ccon2)ccc1Br. The average molecular weight is 242 g/mol. The molecule has 0 amide bonds. The summed E-state index contributed by atoms with van der Waals surface area (Å²) in [5.74, 6) is -0.305. The van der Waals surface area contributed by atoms with Gasteiger partial charge in [0.1, 0.15) is 17.8 Å². The molecule has 0 spiro atoms. The van der Waals surface area contributed by atoms with Crippen LogP contribution in [0.25, 0.3) is 11.3 Å². The van der Waals surface area contributed by atoms with Gasteiger partial charge in [0, 0.05) is 11.6 Å². The van der Waals surface area contributed by atoms with Crippen LogP contribution in [-0.2, 0) is 0 Å². The second-order valence-corrected chi connectivity index (χ2v) is 3.37. The van der Waals surface area contributed by atoms with Crippen LogP contribution in [0.15, 0.2) is 39.5 Å². The van der Waals surface area contributed by atoms with E-state index in [1.165, 1.54) is 12.3 Å². The number of hydrogen-bond acceptors (Lipinski definition) is 2. The van der Waals surface area contributed by atoms with Gasteiger partial charge in [-0.1, -0.05) is 11.2 Å². The van der Waals surface area contributed by atoms with Crippen LogP contribution in [0.5, 0.6) is 0 Å². The lowest BCUT2D eigenvalue weighted by Gasteiger charge is -1.97. The summed E-state index contributed by atoms with van der Waals surface area (Å²) in [5.41, 5.74) is 1.33. The minimum atomic E-state index is -0.305. The highest BCUT2D eigenvalue weighted by Crippen LogP contribution is 2.22. The number of halogens is 2. The predicted octanol–water partition coefficient (Wildman–Crippen LogP) is 3.24. The van der Waals surface area contributed by atoms with E-state index in [-0.39, 0.29) is 5.82 Å². The Morgan fingerprint density at radius 2 is 2.15 bits per heavy atom. The standard InChI is InChI=1S/C9H5BrFNO/c10-7-2-1-6(5-8(7)11)9-3-4-13-12-9/h1-5H. The smallest absolute Gasteiger partial charge is 0.138 e. The van der Waals surface area contributed by atoms with Crippen molar-refractivity contribution in [3.63, 3.8) is 0 Å². The van der Waals surface area contributed by atoms with Crippen molar-refractivity contribution >= 4 is 15.9 Å². The molecule has 2 aromatic rings. The number of hydrogen-bond donors (Lipinski definition) is 0. The Bertz CT molecular complexity index is 414. The fourth-order valence-electron chi connectivity index (χ4n) is 1.02. The average Bonchev–Trinajstić information content (AvgIpc) is 2.62. The van der Waals surface area contributed by atoms with Crippen molar-refractivity contribution in [3.8, 4) is 11.3 Å². The molecule has 0 saturated carbocycles. The van der Waals surface area contributed by atoms with Gasteiger partial charge in [-0.05, 0) is 28.1 Å². The van der Waals surface area contributed by atoms with Crippen LogP contribution >= 0.6 is 15.9 Å². The normalized spacial score (nSPS) is 10.3. The van der Waals surface area contributed by atoms with E-state index in [2.05, 4.69) is 25.6 Å². The van der Waals surface area contributed by atoms with E-state index in [4.69, 9.17) is 0 Å². The third-order valence-electron chi connectivity index (χ3n) is 1.65. The summed E-state index contributed by atoms with van der Waals surface area (Å²) >= 11 is 3.07. The molecular formula is C9H5BrFNO. The lowest BCUT2D eigenvalue weighted by atomic mass is 10.1. The van der Waals surface area contributed by atoms with Crippen LogP contribution in [0, 0.1) is 5.82 Å². The minimum absolute atomic E-state index is 0.305. The molecule has 1 aromatic heterocycles. The first-order valence-electron chi connectivity index (χ1n) is 3.63. The molecule has 0 N–H and O–H groups in total. The van der Waals surface area contributed by atoms with Gasteiger partial charge >= 0.3 is 0 Å². The fourth-order valence-corrected chi connectivity index (χ4v) is 1.26. The van der Waals surface area contributed by atoms with Crippen molar-refractivity contribution in [3.05, 3.63) is 40.8 Å². The van der Waals surface area contributed by atoms with Crippen molar-refractivity contribution in [1.82, 2.24) is 5.16 Å². The van der Waals surface area contributed by atoms with E-state index in [9.17, 15) is 4.39 Å². The second-order valence-electron chi connectivity index (χ2n) is 2.51. The molecule has 0 bridgehead atoms. The molecule has 66 valence electrons. The maximum Gasteiger partial charge on any atom is 0.138 e. The van der Waals surface area contributed by atoms with Crippen LogP contribution in [0.2, 0.25) is 0 Å². The predicted molar refractivity (Wildman–Crippen MR) is 49.6 cm³/mol. The zero-order valence-corrected chi connectivity index (χ0v) is 8.08. The van der Waals surface area contributed by atoms with Gasteiger partial charge in [-0.2, -0.15) is 0 Å². The first-order valence-corrected chi connectivity index (χ1v) is 4.42. The Hall–Kier alpha value is -1.16. The molecule has 0 unspecified atom stereocenters. The van der Waals surface area contributed by atoms with Gasteiger partial charge in [0.2, 0.25) is 0 Å². The molecule has 4 heteroatoms. The largest absolute Gasteiger partial charge is 0.364 e. The third-order valence-corrected chi connectivity index (χ3v) is 2.30. The van der Waals surface area contributed by atoms with Gasteiger partial charge in [0.05, 0.1) is 4.47 Å². The Kier molecular flexibility index (Phi) is 2.14. The maximum absolute atomic E-state index is 13.1. The summed E-state index contributed by atoms with van der Waals surface area (Å²) in [6.07, 6.45) is 1.45. The molecule has 0 aliphatic rings. The van der Waals surface area contributed by atoms with Gasteiger partial charge in [-0.3, -0.25) is 0 Å². The summed E-state index contributed by atoms with van der Waals surface area (Å²) in [6, 6.07) is 6.50. The van der Waals surface area contributed by atoms with E-state index >= 15 is 0 Å². The van der Waals surface area contributed by atoms with Gasteiger partial charge in [0.25, 0.3) is 0 Å². The molecule has 2 rings (SSSR count). The van der Waals surface area contributed by atoms with Crippen LogP contribution in [0.3, 0.4) is 0 Å². The van der Waals surface area contributed by atoms with E-state index in [0.717, 1.165) is 0 Å². The summed E-state index contributed by atoms with van der Waals surface area (Å²) < 4.78 is 18.2. The van der Waals surface area contributed by atoms with Gasteiger partial charge in [-0.15, -0.1) is 0 Å². The van der Waals surface area contributed by atoms with Crippen LogP contribution in [0.4, 0.5) is 4.39 Å². The number of rotatable bonds is 1. The second kappa shape index (κ2) is 3.30. The van der Waals surface area contributed by atoms with Gasteiger partial charge in [-0.25, -0.2) is 4.39 Å². The number of benzene rings is 1. The van der Waals surface area contributed by atoms with Crippen molar-refractivity contribution in [1.29, 1.82) is 0 Å². The third kappa shape index (κ3) is 1.62. The Morgan fingerprint density at radius 3 is 2.77 bits per heavy atom.